The van der Waals surface area contributed by atoms with Crippen LogP contribution in [-0.2, 0) is 9.59 Å². The van der Waals surface area contributed by atoms with Crippen LogP contribution in [0.1, 0.15) is 59.3 Å². The molecule has 0 radical (unpaired) electrons. The molecule has 0 spiro atoms. The lowest BCUT2D eigenvalue weighted by atomic mass is 9.83. The van der Waals surface area contributed by atoms with Crippen LogP contribution in [0.25, 0.3) is 0 Å². The average molecular weight is 266 g/mol. The molecular formula is C15H26N2O2. The minimum absolute atomic E-state index is 0.00101. The predicted molar refractivity (Wildman–Crippen MR) is 74.6 cm³/mol. The van der Waals surface area contributed by atoms with Crippen molar-refractivity contribution in [2.75, 3.05) is 0 Å². The molecule has 1 aliphatic heterocycles. The van der Waals surface area contributed by atoms with Crippen LogP contribution in [0.5, 0.6) is 0 Å². The number of carbonyl (C=O) groups is 2. The Labute approximate surface area is 115 Å². The molecule has 2 unspecified atom stereocenters. The molecule has 2 aliphatic rings. The highest BCUT2D eigenvalue weighted by molar-refractivity contribution is 5.90. The van der Waals surface area contributed by atoms with Gasteiger partial charge in [-0.2, -0.15) is 0 Å². The van der Waals surface area contributed by atoms with Crippen LogP contribution in [0, 0.1) is 5.92 Å². The second-order valence-electron chi connectivity index (χ2n) is 6.34. The van der Waals surface area contributed by atoms with E-state index in [0.717, 1.165) is 12.8 Å². The molecular weight excluding hydrogens is 240 g/mol. The first-order valence-corrected chi connectivity index (χ1v) is 7.62. The molecule has 0 bridgehead atoms. The number of nitrogens with zero attached hydrogens (tertiary/aromatic N) is 1. The van der Waals surface area contributed by atoms with Crippen LogP contribution in [0.3, 0.4) is 0 Å². The Morgan fingerprint density at radius 2 is 1.79 bits per heavy atom. The fourth-order valence-corrected chi connectivity index (χ4v) is 3.59. The van der Waals surface area contributed by atoms with Gasteiger partial charge >= 0.3 is 0 Å². The molecule has 1 aliphatic carbocycles. The van der Waals surface area contributed by atoms with E-state index in [-0.39, 0.29) is 29.9 Å². The Morgan fingerprint density at radius 1 is 1.16 bits per heavy atom. The van der Waals surface area contributed by atoms with Gasteiger partial charge in [0.15, 0.2) is 0 Å². The van der Waals surface area contributed by atoms with Crippen molar-refractivity contribution in [2.24, 2.45) is 5.92 Å². The lowest BCUT2D eigenvalue weighted by molar-refractivity contribution is -0.138. The van der Waals surface area contributed by atoms with Crippen molar-refractivity contribution in [3.63, 3.8) is 0 Å². The topological polar surface area (TPSA) is 49.4 Å². The summed E-state index contributed by atoms with van der Waals surface area (Å²) in [6.07, 6.45) is 6.18. The van der Waals surface area contributed by atoms with E-state index in [0.29, 0.717) is 12.3 Å². The molecule has 108 valence electrons. The maximum absolute atomic E-state index is 12.8. The van der Waals surface area contributed by atoms with E-state index >= 15 is 0 Å². The SMILES string of the molecule is CC(C)N1C(=O)C(C2CCCCC2)NC(=O)CC1C. The summed E-state index contributed by atoms with van der Waals surface area (Å²) in [5.41, 5.74) is 0. The van der Waals surface area contributed by atoms with Crippen molar-refractivity contribution < 1.29 is 9.59 Å². The zero-order valence-corrected chi connectivity index (χ0v) is 12.3. The third-order valence-corrected chi connectivity index (χ3v) is 4.47. The van der Waals surface area contributed by atoms with Crippen LogP contribution in [0.4, 0.5) is 0 Å². The quantitative estimate of drug-likeness (QED) is 0.832. The van der Waals surface area contributed by atoms with E-state index in [4.69, 9.17) is 0 Å². The van der Waals surface area contributed by atoms with Gasteiger partial charge in [0.2, 0.25) is 11.8 Å². The Bertz CT molecular complexity index is 348. The molecule has 0 aromatic rings. The number of hydrogen-bond donors (Lipinski definition) is 1. The van der Waals surface area contributed by atoms with Gasteiger partial charge in [0.25, 0.3) is 0 Å². The number of hydrogen-bond acceptors (Lipinski definition) is 2. The molecule has 19 heavy (non-hydrogen) atoms. The van der Waals surface area contributed by atoms with Gasteiger partial charge in [0.05, 0.1) is 0 Å². The Hall–Kier alpha value is -1.06. The normalized spacial score (nSPS) is 30.4. The molecule has 2 fully saturated rings. The Balaban J connectivity index is 2.20. The molecule has 1 saturated carbocycles. The summed E-state index contributed by atoms with van der Waals surface area (Å²) in [4.78, 5) is 26.6. The third kappa shape index (κ3) is 3.10. The summed E-state index contributed by atoms with van der Waals surface area (Å²) in [6.45, 7) is 6.03. The van der Waals surface area contributed by atoms with Gasteiger partial charge in [-0.15, -0.1) is 0 Å². The van der Waals surface area contributed by atoms with Crippen LogP contribution in [-0.4, -0.2) is 34.8 Å². The van der Waals surface area contributed by atoms with Crippen molar-refractivity contribution in [1.82, 2.24) is 10.2 Å². The number of rotatable bonds is 2. The van der Waals surface area contributed by atoms with Crippen LogP contribution >= 0.6 is 0 Å². The average Bonchev–Trinajstić information content (AvgIpc) is 2.46. The third-order valence-electron chi connectivity index (χ3n) is 4.47. The summed E-state index contributed by atoms with van der Waals surface area (Å²) >= 11 is 0. The smallest absolute Gasteiger partial charge is 0.245 e. The summed E-state index contributed by atoms with van der Waals surface area (Å²) < 4.78 is 0. The molecule has 2 atom stereocenters. The maximum atomic E-state index is 12.8. The van der Waals surface area contributed by atoms with Gasteiger partial charge in [-0.25, -0.2) is 0 Å². The first-order valence-electron chi connectivity index (χ1n) is 7.62. The lowest BCUT2D eigenvalue weighted by Crippen LogP contribution is -2.52. The first-order chi connectivity index (χ1) is 9.00. The standard InChI is InChI=1S/C15H26N2O2/c1-10(2)17-11(3)9-13(18)16-14(15(17)19)12-7-5-4-6-8-12/h10-12,14H,4-9H2,1-3H3,(H,16,18). The zero-order valence-electron chi connectivity index (χ0n) is 12.3. The molecule has 0 aromatic heterocycles. The van der Waals surface area contributed by atoms with E-state index in [1.807, 2.05) is 25.7 Å². The highest BCUT2D eigenvalue weighted by Crippen LogP contribution is 2.29. The van der Waals surface area contributed by atoms with Crippen molar-refractivity contribution in [3.8, 4) is 0 Å². The van der Waals surface area contributed by atoms with Gasteiger partial charge in [0, 0.05) is 18.5 Å². The summed E-state index contributed by atoms with van der Waals surface area (Å²) in [7, 11) is 0. The van der Waals surface area contributed by atoms with Crippen LogP contribution < -0.4 is 5.32 Å². The Morgan fingerprint density at radius 3 is 2.37 bits per heavy atom. The van der Waals surface area contributed by atoms with E-state index < -0.39 is 0 Å². The van der Waals surface area contributed by atoms with Crippen LogP contribution in [0.2, 0.25) is 0 Å². The van der Waals surface area contributed by atoms with Crippen molar-refractivity contribution in [3.05, 3.63) is 0 Å². The highest BCUT2D eigenvalue weighted by Gasteiger charge is 2.39. The second-order valence-corrected chi connectivity index (χ2v) is 6.34. The molecule has 0 aromatic carbocycles. The van der Waals surface area contributed by atoms with E-state index in [1.54, 1.807) is 0 Å². The molecule has 2 amide bonds. The van der Waals surface area contributed by atoms with Crippen molar-refractivity contribution in [1.29, 1.82) is 0 Å². The largest absolute Gasteiger partial charge is 0.344 e. The fourth-order valence-electron chi connectivity index (χ4n) is 3.59. The second kappa shape index (κ2) is 5.93. The van der Waals surface area contributed by atoms with E-state index in [2.05, 4.69) is 5.32 Å². The number of amides is 2. The Kier molecular flexibility index (Phi) is 4.48. The fraction of sp³-hybridized carbons (Fsp3) is 0.867. The number of carbonyl (C=O) groups excluding carboxylic acids is 2. The predicted octanol–water partition coefficient (Wildman–Crippen LogP) is 2.08. The van der Waals surface area contributed by atoms with Gasteiger partial charge in [-0.05, 0) is 39.5 Å². The highest BCUT2D eigenvalue weighted by atomic mass is 16.2. The zero-order chi connectivity index (χ0) is 14.0. The lowest BCUT2D eigenvalue weighted by Gasteiger charge is -2.35. The van der Waals surface area contributed by atoms with Crippen molar-refractivity contribution >= 4 is 11.8 Å². The summed E-state index contributed by atoms with van der Waals surface area (Å²) in [5, 5.41) is 2.98. The van der Waals surface area contributed by atoms with Gasteiger partial charge < -0.3 is 10.2 Å². The first kappa shape index (κ1) is 14.4. The summed E-state index contributed by atoms with van der Waals surface area (Å²) in [5.74, 6) is 0.483. The van der Waals surface area contributed by atoms with Gasteiger partial charge in [-0.1, -0.05) is 19.3 Å². The maximum Gasteiger partial charge on any atom is 0.245 e. The van der Waals surface area contributed by atoms with Crippen molar-refractivity contribution in [2.45, 2.75) is 77.4 Å². The molecule has 1 N–H and O–H groups in total. The molecule has 4 nitrogen and oxygen atoms in total. The molecule has 4 heteroatoms. The van der Waals surface area contributed by atoms with E-state index in [9.17, 15) is 9.59 Å². The molecule has 1 saturated heterocycles. The van der Waals surface area contributed by atoms with Crippen LogP contribution in [0.15, 0.2) is 0 Å². The van der Waals surface area contributed by atoms with E-state index in [1.165, 1.54) is 19.3 Å². The number of nitrogens with one attached hydrogen (secondary N) is 1. The molecule has 2 rings (SSSR count). The monoisotopic (exact) mass is 266 g/mol. The minimum Gasteiger partial charge on any atom is -0.344 e. The summed E-state index contributed by atoms with van der Waals surface area (Å²) in [6, 6.07) is -0.137. The van der Waals surface area contributed by atoms with Gasteiger partial charge in [0.1, 0.15) is 6.04 Å². The molecule has 1 heterocycles. The minimum atomic E-state index is -0.292. The van der Waals surface area contributed by atoms with Gasteiger partial charge in [-0.3, -0.25) is 9.59 Å².